The number of benzene rings is 1. The van der Waals surface area contributed by atoms with E-state index in [-0.39, 0.29) is 11.4 Å². The Morgan fingerprint density at radius 2 is 1.87 bits per heavy atom. The predicted molar refractivity (Wildman–Crippen MR) is 105 cm³/mol. The summed E-state index contributed by atoms with van der Waals surface area (Å²) in [6, 6.07) is 11.6. The maximum atomic E-state index is 12.8. The first-order valence-electron chi connectivity index (χ1n) is 8.63. The molecule has 0 bridgehead atoms. The van der Waals surface area contributed by atoms with Gasteiger partial charge in [0.25, 0.3) is 0 Å². The number of anilines is 1. The number of nitrogens with one attached hydrogen (secondary N) is 1. The Bertz CT molecular complexity index is 1200. The Balaban J connectivity index is 1.47. The number of thioether (sulfide) groups is 1. The molecule has 0 saturated carbocycles. The van der Waals surface area contributed by atoms with Crippen LogP contribution in [0.1, 0.15) is 5.56 Å². The molecule has 0 radical (unpaired) electrons. The second kappa shape index (κ2) is 8.11. The van der Waals surface area contributed by atoms with Crippen molar-refractivity contribution in [2.45, 2.75) is 11.3 Å². The van der Waals surface area contributed by atoms with Gasteiger partial charge in [-0.05, 0) is 42.5 Å². The molecule has 3 aromatic heterocycles. The molecule has 0 spiro atoms. The molecule has 0 aliphatic carbocycles. The number of halogens is 3. The number of hydrogen-bond donors (Lipinski definition) is 1. The van der Waals surface area contributed by atoms with Gasteiger partial charge in [0.05, 0.1) is 17.0 Å². The summed E-state index contributed by atoms with van der Waals surface area (Å²) in [4.78, 5) is 16.2. The lowest BCUT2D eigenvalue weighted by atomic mass is 10.2. The Hall–Kier alpha value is -3.47. The number of amides is 1. The number of pyridine rings is 1. The van der Waals surface area contributed by atoms with Gasteiger partial charge in [-0.15, -0.1) is 10.2 Å². The van der Waals surface area contributed by atoms with E-state index in [1.165, 1.54) is 16.6 Å². The fourth-order valence-electron chi connectivity index (χ4n) is 2.64. The fraction of sp³-hybridized carbons (Fsp3) is 0.105. The molecule has 152 valence electrons. The van der Waals surface area contributed by atoms with E-state index in [1.807, 2.05) is 12.1 Å². The van der Waals surface area contributed by atoms with Gasteiger partial charge in [-0.25, -0.2) is 0 Å². The summed E-state index contributed by atoms with van der Waals surface area (Å²) in [5, 5.41) is 15.4. The molecule has 3 heterocycles. The second-order valence-electron chi connectivity index (χ2n) is 6.12. The zero-order valence-corrected chi connectivity index (χ0v) is 16.0. The SMILES string of the molecule is O=C(CSc1nnc2ccc(-c3ccncc3)nn12)Nc1cccc(C(F)(F)F)c1. The van der Waals surface area contributed by atoms with Crippen molar-refractivity contribution >= 4 is 29.0 Å². The van der Waals surface area contributed by atoms with Gasteiger partial charge in [-0.3, -0.25) is 9.78 Å². The molecule has 0 unspecified atom stereocenters. The zero-order chi connectivity index (χ0) is 21.1. The third-order valence-electron chi connectivity index (χ3n) is 4.02. The van der Waals surface area contributed by atoms with Gasteiger partial charge in [0, 0.05) is 23.6 Å². The second-order valence-corrected chi connectivity index (χ2v) is 7.06. The molecule has 11 heteroatoms. The molecule has 0 atom stereocenters. The minimum atomic E-state index is -4.48. The molecule has 1 amide bonds. The summed E-state index contributed by atoms with van der Waals surface area (Å²) < 4.78 is 39.9. The number of carbonyl (C=O) groups is 1. The van der Waals surface area contributed by atoms with E-state index in [9.17, 15) is 18.0 Å². The molecule has 0 fully saturated rings. The molecule has 4 aromatic rings. The summed E-state index contributed by atoms with van der Waals surface area (Å²) in [7, 11) is 0. The van der Waals surface area contributed by atoms with E-state index in [0.29, 0.717) is 16.5 Å². The molecule has 1 N–H and O–H groups in total. The van der Waals surface area contributed by atoms with Crippen molar-refractivity contribution in [3.8, 4) is 11.3 Å². The minimum Gasteiger partial charge on any atom is -0.325 e. The Morgan fingerprint density at radius 3 is 2.63 bits per heavy atom. The summed E-state index contributed by atoms with van der Waals surface area (Å²) in [5.41, 5.74) is 1.29. The van der Waals surface area contributed by atoms with Gasteiger partial charge in [0.1, 0.15) is 0 Å². The summed E-state index contributed by atoms with van der Waals surface area (Å²) in [5.74, 6) is -0.542. The van der Waals surface area contributed by atoms with Gasteiger partial charge in [-0.1, -0.05) is 17.8 Å². The molecule has 0 aliphatic heterocycles. The number of carbonyl (C=O) groups excluding carboxylic acids is 1. The number of fused-ring (bicyclic) bond motifs is 1. The van der Waals surface area contributed by atoms with Crippen molar-refractivity contribution in [2.75, 3.05) is 11.1 Å². The smallest absolute Gasteiger partial charge is 0.325 e. The normalized spacial score (nSPS) is 11.6. The van der Waals surface area contributed by atoms with Crippen molar-refractivity contribution in [1.82, 2.24) is 24.8 Å². The number of aromatic nitrogens is 5. The van der Waals surface area contributed by atoms with Crippen molar-refractivity contribution in [2.24, 2.45) is 0 Å². The highest BCUT2D eigenvalue weighted by atomic mass is 32.2. The minimum absolute atomic E-state index is 0.0691. The van der Waals surface area contributed by atoms with E-state index in [2.05, 4.69) is 25.6 Å². The molecule has 30 heavy (non-hydrogen) atoms. The molecule has 0 aliphatic rings. The van der Waals surface area contributed by atoms with Gasteiger partial charge in [-0.2, -0.15) is 22.8 Å². The molecular formula is C19H13F3N6OS. The van der Waals surface area contributed by atoms with Crippen LogP contribution in [0.5, 0.6) is 0 Å². The van der Waals surface area contributed by atoms with Crippen LogP contribution in [0, 0.1) is 0 Å². The molecule has 4 rings (SSSR count). The lowest BCUT2D eigenvalue weighted by Crippen LogP contribution is -2.15. The van der Waals surface area contributed by atoms with Crippen molar-refractivity contribution < 1.29 is 18.0 Å². The Morgan fingerprint density at radius 1 is 1.07 bits per heavy atom. The summed E-state index contributed by atoms with van der Waals surface area (Å²) in [6.07, 6.45) is -1.17. The first-order valence-corrected chi connectivity index (χ1v) is 9.61. The van der Waals surface area contributed by atoms with Crippen LogP contribution in [0.3, 0.4) is 0 Å². The van der Waals surface area contributed by atoms with E-state index < -0.39 is 17.6 Å². The molecule has 0 saturated heterocycles. The average molecular weight is 430 g/mol. The van der Waals surface area contributed by atoms with Crippen LogP contribution in [0.15, 0.2) is 66.1 Å². The molecule has 1 aromatic carbocycles. The quantitative estimate of drug-likeness (QED) is 0.483. The van der Waals surface area contributed by atoms with E-state index in [4.69, 9.17) is 0 Å². The van der Waals surface area contributed by atoms with Crippen LogP contribution in [0.25, 0.3) is 16.9 Å². The third-order valence-corrected chi connectivity index (χ3v) is 4.94. The zero-order valence-electron chi connectivity index (χ0n) is 15.2. The van der Waals surface area contributed by atoms with Crippen LogP contribution in [0.4, 0.5) is 18.9 Å². The predicted octanol–water partition coefficient (Wildman–Crippen LogP) is 3.94. The number of nitrogens with zero attached hydrogens (tertiary/aromatic N) is 5. The van der Waals surface area contributed by atoms with Gasteiger partial charge in [0.15, 0.2) is 5.65 Å². The van der Waals surface area contributed by atoms with E-state index in [0.717, 1.165) is 29.5 Å². The number of hydrogen-bond acceptors (Lipinski definition) is 6. The van der Waals surface area contributed by atoms with Crippen molar-refractivity contribution in [3.05, 3.63) is 66.5 Å². The highest BCUT2D eigenvalue weighted by molar-refractivity contribution is 7.99. The lowest BCUT2D eigenvalue weighted by Gasteiger charge is -2.09. The maximum absolute atomic E-state index is 12.8. The number of rotatable bonds is 5. The molecule has 7 nitrogen and oxygen atoms in total. The molecular weight excluding hydrogens is 417 g/mol. The number of alkyl halides is 3. The van der Waals surface area contributed by atoms with Crippen LogP contribution >= 0.6 is 11.8 Å². The monoisotopic (exact) mass is 430 g/mol. The summed E-state index contributed by atoms with van der Waals surface area (Å²) >= 11 is 1.08. The first kappa shape index (κ1) is 19.8. The van der Waals surface area contributed by atoms with E-state index in [1.54, 1.807) is 24.5 Å². The Kier molecular flexibility index (Phi) is 5.36. The van der Waals surface area contributed by atoms with Crippen LogP contribution in [-0.4, -0.2) is 36.5 Å². The largest absolute Gasteiger partial charge is 0.416 e. The van der Waals surface area contributed by atoms with Crippen LogP contribution in [0.2, 0.25) is 0 Å². The fourth-order valence-corrected chi connectivity index (χ4v) is 3.32. The first-order chi connectivity index (χ1) is 14.4. The van der Waals surface area contributed by atoms with E-state index >= 15 is 0 Å². The topological polar surface area (TPSA) is 85.1 Å². The standard InChI is InChI=1S/C19H13F3N6OS/c20-19(21,22)13-2-1-3-14(10-13)24-17(29)11-30-18-26-25-16-5-4-15(27-28(16)18)12-6-8-23-9-7-12/h1-10H,11H2,(H,24,29). The van der Waals surface area contributed by atoms with Gasteiger partial charge >= 0.3 is 6.18 Å². The third kappa shape index (κ3) is 4.40. The van der Waals surface area contributed by atoms with Crippen LogP contribution < -0.4 is 5.32 Å². The van der Waals surface area contributed by atoms with Gasteiger partial charge < -0.3 is 5.32 Å². The average Bonchev–Trinajstić information content (AvgIpc) is 3.15. The highest BCUT2D eigenvalue weighted by Gasteiger charge is 2.30. The van der Waals surface area contributed by atoms with Crippen molar-refractivity contribution in [3.63, 3.8) is 0 Å². The lowest BCUT2D eigenvalue weighted by molar-refractivity contribution is -0.137. The Labute approximate surface area is 172 Å². The van der Waals surface area contributed by atoms with Crippen molar-refractivity contribution in [1.29, 1.82) is 0 Å². The van der Waals surface area contributed by atoms with Crippen LogP contribution in [-0.2, 0) is 11.0 Å². The maximum Gasteiger partial charge on any atom is 0.416 e. The van der Waals surface area contributed by atoms with Gasteiger partial charge in [0.2, 0.25) is 11.1 Å². The summed E-state index contributed by atoms with van der Waals surface area (Å²) in [6.45, 7) is 0. The highest BCUT2D eigenvalue weighted by Crippen LogP contribution is 2.30.